The van der Waals surface area contributed by atoms with Crippen LogP contribution in [0.15, 0.2) is 24.3 Å². The van der Waals surface area contributed by atoms with Gasteiger partial charge in [-0.2, -0.15) is 0 Å². The molecule has 2 aromatic rings. The SMILES string of the molecule is CN1CCc2c(sc3c2C(=O)N[C@@H](/C=C\c2ccc4c(c2)OCO4)N3)C1. The van der Waals surface area contributed by atoms with E-state index in [1.54, 1.807) is 11.3 Å². The van der Waals surface area contributed by atoms with Crippen LogP contribution in [0.5, 0.6) is 11.5 Å². The van der Waals surface area contributed by atoms with Crippen molar-refractivity contribution in [1.82, 2.24) is 10.2 Å². The molecule has 0 radical (unpaired) electrons. The molecule has 1 amide bonds. The number of nitrogens with one attached hydrogen (secondary N) is 2. The van der Waals surface area contributed by atoms with Crippen molar-refractivity contribution in [2.24, 2.45) is 0 Å². The maximum Gasteiger partial charge on any atom is 0.256 e. The predicted octanol–water partition coefficient (Wildman–Crippen LogP) is 2.66. The fourth-order valence-corrected chi connectivity index (χ4v) is 4.95. The van der Waals surface area contributed by atoms with Gasteiger partial charge >= 0.3 is 0 Å². The van der Waals surface area contributed by atoms with Crippen LogP contribution in [0, 0.1) is 0 Å². The van der Waals surface area contributed by atoms with E-state index >= 15 is 0 Å². The number of rotatable bonds is 2. The molecule has 3 aliphatic rings. The number of likely N-dealkylation sites (N-methyl/N-ethyl adjacent to an activating group) is 1. The zero-order valence-electron chi connectivity index (χ0n) is 14.4. The fourth-order valence-electron chi connectivity index (χ4n) is 3.58. The normalized spacial score (nSPS) is 21.3. The largest absolute Gasteiger partial charge is 0.454 e. The van der Waals surface area contributed by atoms with Crippen molar-refractivity contribution in [2.45, 2.75) is 19.1 Å². The Kier molecular flexibility index (Phi) is 3.65. The highest BCUT2D eigenvalue weighted by atomic mass is 32.1. The molecule has 4 heterocycles. The van der Waals surface area contributed by atoms with E-state index in [1.165, 1.54) is 10.4 Å². The zero-order valence-corrected chi connectivity index (χ0v) is 15.2. The van der Waals surface area contributed by atoms with E-state index in [1.807, 2.05) is 30.4 Å². The molecule has 0 unspecified atom stereocenters. The number of thiophene rings is 1. The lowest BCUT2D eigenvalue weighted by Gasteiger charge is -2.25. The molecule has 5 rings (SSSR count). The first-order valence-electron chi connectivity index (χ1n) is 8.66. The Morgan fingerprint density at radius 2 is 2.15 bits per heavy atom. The summed E-state index contributed by atoms with van der Waals surface area (Å²) in [6.07, 6.45) is 4.65. The van der Waals surface area contributed by atoms with Gasteiger partial charge in [0.25, 0.3) is 5.91 Å². The van der Waals surface area contributed by atoms with Crippen molar-refractivity contribution in [1.29, 1.82) is 0 Å². The number of nitrogens with zero attached hydrogens (tertiary/aromatic N) is 1. The molecule has 1 aromatic carbocycles. The summed E-state index contributed by atoms with van der Waals surface area (Å²) in [7, 11) is 2.12. The van der Waals surface area contributed by atoms with E-state index in [0.29, 0.717) is 0 Å². The second-order valence-electron chi connectivity index (χ2n) is 6.76. The predicted molar refractivity (Wildman–Crippen MR) is 101 cm³/mol. The summed E-state index contributed by atoms with van der Waals surface area (Å²) in [5.74, 6) is 1.54. The minimum atomic E-state index is -0.224. The van der Waals surface area contributed by atoms with Gasteiger partial charge in [-0.05, 0) is 42.8 Å². The summed E-state index contributed by atoms with van der Waals surface area (Å²) in [6, 6.07) is 5.81. The van der Waals surface area contributed by atoms with Crippen LogP contribution in [0.3, 0.4) is 0 Å². The average Bonchev–Trinajstić information content (AvgIpc) is 3.22. The van der Waals surface area contributed by atoms with E-state index < -0.39 is 0 Å². The summed E-state index contributed by atoms with van der Waals surface area (Å²) >= 11 is 1.70. The molecule has 26 heavy (non-hydrogen) atoms. The number of carbonyl (C=O) groups excluding carboxylic acids is 1. The first-order chi connectivity index (χ1) is 12.7. The molecular formula is C19H19N3O3S. The lowest BCUT2D eigenvalue weighted by atomic mass is 10.0. The van der Waals surface area contributed by atoms with E-state index in [0.717, 1.165) is 47.1 Å². The van der Waals surface area contributed by atoms with Crippen LogP contribution in [0.4, 0.5) is 5.00 Å². The lowest BCUT2D eigenvalue weighted by molar-refractivity contribution is 0.0942. The maximum atomic E-state index is 12.6. The van der Waals surface area contributed by atoms with Gasteiger partial charge in [-0.1, -0.05) is 12.1 Å². The number of hydrogen-bond acceptors (Lipinski definition) is 6. The molecule has 0 saturated carbocycles. The number of ether oxygens (including phenoxy) is 2. The molecule has 0 spiro atoms. The van der Waals surface area contributed by atoms with Gasteiger partial charge in [0.15, 0.2) is 11.5 Å². The second kappa shape index (κ2) is 6.03. The molecule has 0 aliphatic carbocycles. The van der Waals surface area contributed by atoms with Crippen molar-refractivity contribution in [3.05, 3.63) is 45.8 Å². The highest BCUT2D eigenvalue weighted by molar-refractivity contribution is 7.16. The molecule has 1 aromatic heterocycles. The molecule has 6 nitrogen and oxygen atoms in total. The third kappa shape index (κ3) is 2.64. The number of benzene rings is 1. The third-order valence-electron chi connectivity index (χ3n) is 4.93. The van der Waals surface area contributed by atoms with E-state index in [-0.39, 0.29) is 18.9 Å². The van der Waals surface area contributed by atoms with Crippen LogP contribution >= 0.6 is 11.3 Å². The first kappa shape index (κ1) is 15.7. The molecule has 2 N–H and O–H groups in total. The Morgan fingerprint density at radius 3 is 3.08 bits per heavy atom. The van der Waals surface area contributed by atoms with Crippen molar-refractivity contribution in [3.63, 3.8) is 0 Å². The number of fused-ring (bicyclic) bond motifs is 4. The van der Waals surface area contributed by atoms with Gasteiger partial charge in [0.1, 0.15) is 11.2 Å². The Labute approximate surface area is 155 Å². The maximum absolute atomic E-state index is 12.6. The Morgan fingerprint density at radius 1 is 1.27 bits per heavy atom. The topological polar surface area (TPSA) is 62.8 Å². The van der Waals surface area contributed by atoms with Crippen molar-refractivity contribution in [2.75, 3.05) is 25.7 Å². The quantitative estimate of drug-likeness (QED) is 0.852. The Balaban J connectivity index is 1.37. The van der Waals surface area contributed by atoms with E-state index in [2.05, 4.69) is 22.6 Å². The van der Waals surface area contributed by atoms with Gasteiger partial charge in [-0.15, -0.1) is 11.3 Å². The summed E-state index contributed by atoms with van der Waals surface area (Å²) in [4.78, 5) is 16.2. The first-order valence-corrected chi connectivity index (χ1v) is 9.47. The van der Waals surface area contributed by atoms with Crippen LogP contribution in [0.2, 0.25) is 0 Å². The molecule has 1 atom stereocenters. The third-order valence-corrected chi connectivity index (χ3v) is 6.07. The molecule has 0 bridgehead atoms. The monoisotopic (exact) mass is 369 g/mol. The molecule has 7 heteroatoms. The van der Waals surface area contributed by atoms with Crippen molar-refractivity contribution in [3.8, 4) is 11.5 Å². The summed E-state index contributed by atoms with van der Waals surface area (Å²) in [6.45, 7) is 2.18. The number of carbonyl (C=O) groups is 1. The van der Waals surface area contributed by atoms with Crippen LogP contribution in [0.1, 0.15) is 26.4 Å². The highest BCUT2D eigenvalue weighted by Gasteiger charge is 2.31. The van der Waals surface area contributed by atoms with Crippen LogP contribution < -0.4 is 20.1 Å². The van der Waals surface area contributed by atoms with Gasteiger partial charge < -0.3 is 25.0 Å². The summed E-state index contributed by atoms with van der Waals surface area (Å²) in [5, 5.41) is 7.47. The summed E-state index contributed by atoms with van der Waals surface area (Å²) in [5.41, 5.74) is 3.06. The van der Waals surface area contributed by atoms with Gasteiger partial charge in [0, 0.05) is 18.0 Å². The van der Waals surface area contributed by atoms with Crippen molar-refractivity contribution >= 4 is 28.3 Å². The van der Waals surface area contributed by atoms with Gasteiger partial charge in [0.2, 0.25) is 6.79 Å². The molecule has 0 saturated heterocycles. The minimum absolute atomic E-state index is 0.0149. The lowest BCUT2D eigenvalue weighted by Crippen LogP contribution is -2.43. The zero-order chi connectivity index (χ0) is 17.7. The smallest absolute Gasteiger partial charge is 0.256 e. The second-order valence-corrected chi connectivity index (χ2v) is 7.87. The van der Waals surface area contributed by atoms with E-state index in [9.17, 15) is 4.79 Å². The standard InChI is InChI=1S/C19H19N3O3S/c1-22-7-6-12-15(9-22)26-19-17(12)18(23)20-16(21-19)5-3-11-2-4-13-14(8-11)25-10-24-13/h2-5,8,16,21H,6-7,9-10H2,1H3,(H,20,23)/b5-3-/t16-/m1/s1. The van der Waals surface area contributed by atoms with Crippen LogP contribution in [0.25, 0.3) is 6.08 Å². The van der Waals surface area contributed by atoms with Crippen LogP contribution in [-0.4, -0.2) is 37.4 Å². The average molecular weight is 369 g/mol. The van der Waals surface area contributed by atoms with Gasteiger partial charge in [-0.25, -0.2) is 0 Å². The number of amides is 1. The Bertz CT molecular complexity index is 921. The molecular weight excluding hydrogens is 350 g/mol. The highest BCUT2D eigenvalue weighted by Crippen LogP contribution is 2.39. The molecule has 0 fully saturated rings. The van der Waals surface area contributed by atoms with Gasteiger partial charge in [-0.3, -0.25) is 4.79 Å². The van der Waals surface area contributed by atoms with Crippen LogP contribution in [-0.2, 0) is 13.0 Å². The minimum Gasteiger partial charge on any atom is -0.454 e. The number of anilines is 1. The number of hydrogen-bond donors (Lipinski definition) is 2. The van der Waals surface area contributed by atoms with Gasteiger partial charge in [0.05, 0.1) is 5.56 Å². The Hall–Kier alpha value is -2.51. The van der Waals surface area contributed by atoms with E-state index in [4.69, 9.17) is 9.47 Å². The molecule has 134 valence electrons. The van der Waals surface area contributed by atoms with Crippen molar-refractivity contribution < 1.29 is 14.3 Å². The summed E-state index contributed by atoms with van der Waals surface area (Å²) < 4.78 is 10.7. The fraction of sp³-hybridized carbons (Fsp3) is 0.316. The molecule has 3 aliphatic heterocycles.